The summed E-state index contributed by atoms with van der Waals surface area (Å²) in [7, 11) is 0. The summed E-state index contributed by atoms with van der Waals surface area (Å²) in [5, 5.41) is 12.2. The average Bonchev–Trinajstić information content (AvgIpc) is 2.17. The summed E-state index contributed by atoms with van der Waals surface area (Å²) in [5.74, 6) is -0.207. The van der Waals surface area contributed by atoms with Gasteiger partial charge in [-0.25, -0.2) is 4.79 Å². The number of phenolic OH excluding ortho intramolecular Hbond substituents is 1. The number of hydrogen-bond donors (Lipinski definition) is 2. The number of esters is 1. The zero-order valence-corrected chi connectivity index (χ0v) is 9.36. The predicted molar refractivity (Wildman–Crippen MR) is 62.1 cm³/mol. The Morgan fingerprint density at radius 1 is 1.56 bits per heavy atom. The van der Waals surface area contributed by atoms with Gasteiger partial charge in [-0.05, 0) is 26.0 Å². The van der Waals surface area contributed by atoms with Gasteiger partial charge in [-0.3, -0.25) is 0 Å². The molecule has 0 spiro atoms. The normalized spacial score (nSPS) is 11.0. The Labute approximate surface area is 94.6 Å². The molecule has 0 amide bonds. The minimum atomic E-state index is -0.382. The van der Waals surface area contributed by atoms with E-state index < -0.39 is 0 Å². The van der Waals surface area contributed by atoms with Crippen LogP contribution in [0.5, 0.6) is 5.75 Å². The molecule has 0 unspecified atom stereocenters. The summed E-state index contributed by atoms with van der Waals surface area (Å²) < 4.78 is 4.77. The summed E-state index contributed by atoms with van der Waals surface area (Å²) in [5.41, 5.74) is 1.38. The maximum atomic E-state index is 11.1. The molecular weight excluding hydrogens is 206 g/mol. The molecule has 1 aromatic carbocycles. The first-order chi connectivity index (χ1) is 7.61. The van der Waals surface area contributed by atoms with E-state index in [1.807, 2.05) is 0 Å². The molecule has 0 aliphatic heterocycles. The molecule has 86 valence electrons. The molecular formula is C12H15NO3. The lowest BCUT2D eigenvalue weighted by Crippen LogP contribution is -2.04. The number of phenols is 1. The topological polar surface area (TPSA) is 58.6 Å². The average molecular weight is 221 g/mol. The number of nitrogens with one attached hydrogen (secondary N) is 1. The van der Waals surface area contributed by atoms with Gasteiger partial charge in [0.05, 0.1) is 6.61 Å². The van der Waals surface area contributed by atoms with E-state index in [2.05, 4.69) is 5.32 Å². The summed E-state index contributed by atoms with van der Waals surface area (Å²) in [6.07, 6.45) is 1.37. The van der Waals surface area contributed by atoms with E-state index >= 15 is 0 Å². The molecule has 0 atom stereocenters. The lowest BCUT2D eigenvalue weighted by molar-refractivity contribution is -0.137. The van der Waals surface area contributed by atoms with Crippen molar-refractivity contribution in [3.8, 4) is 5.75 Å². The maximum absolute atomic E-state index is 11.1. The Morgan fingerprint density at radius 2 is 2.31 bits per heavy atom. The first-order valence-electron chi connectivity index (χ1n) is 5.03. The molecule has 0 bridgehead atoms. The van der Waals surface area contributed by atoms with Crippen LogP contribution in [0, 0.1) is 0 Å². The number of aromatic hydroxyl groups is 1. The fourth-order valence-corrected chi connectivity index (χ4v) is 1.21. The quantitative estimate of drug-likeness (QED) is 0.605. The fourth-order valence-electron chi connectivity index (χ4n) is 1.21. The summed E-state index contributed by atoms with van der Waals surface area (Å²) in [4.78, 5) is 11.1. The minimum Gasteiger partial charge on any atom is -0.508 e. The van der Waals surface area contributed by atoms with Crippen molar-refractivity contribution in [2.75, 3.05) is 11.9 Å². The van der Waals surface area contributed by atoms with Gasteiger partial charge in [-0.1, -0.05) is 6.07 Å². The SMILES string of the molecule is CCOC(=O)C=C(C)Nc1cccc(O)c1. The van der Waals surface area contributed by atoms with E-state index in [1.165, 1.54) is 6.08 Å². The van der Waals surface area contributed by atoms with Crippen LogP contribution in [-0.2, 0) is 9.53 Å². The first-order valence-corrected chi connectivity index (χ1v) is 5.03. The van der Waals surface area contributed by atoms with Gasteiger partial charge < -0.3 is 15.2 Å². The smallest absolute Gasteiger partial charge is 0.332 e. The van der Waals surface area contributed by atoms with Crippen molar-refractivity contribution in [3.05, 3.63) is 36.0 Å². The van der Waals surface area contributed by atoms with E-state index in [9.17, 15) is 9.90 Å². The number of benzene rings is 1. The highest BCUT2D eigenvalue weighted by atomic mass is 16.5. The van der Waals surface area contributed by atoms with Crippen LogP contribution in [0.3, 0.4) is 0 Å². The van der Waals surface area contributed by atoms with Gasteiger partial charge >= 0.3 is 5.97 Å². The summed E-state index contributed by atoms with van der Waals surface area (Å²) >= 11 is 0. The van der Waals surface area contributed by atoms with Crippen molar-refractivity contribution in [2.45, 2.75) is 13.8 Å². The van der Waals surface area contributed by atoms with Gasteiger partial charge in [0.1, 0.15) is 5.75 Å². The Kier molecular flexibility index (Phi) is 4.39. The van der Waals surface area contributed by atoms with Gasteiger partial charge in [0.15, 0.2) is 0 Å². The highest BCUT2D eigenvalue weighted by molar-refractivity contribution is 5.83. The highest BCUT2D eigenvalue weighted by Crippen LogP contribution is 2.16. The third-order valence-corrected chi connectivity index (χ3v) is 1.81. The molecule has 0 aliphatic carbocycles. The molecule has 1 rings (SSSR count). The van der Waals surface area contributed by atoms with Crippen molar-refractivity contribution >= 4 is 11.7 Å². The van der Waals surface area contributed by atoms with E-state index in [0.29, 0.717) is 12.3 Å². The third kappa shape index (κ3) is 4.04. The minimum absolute atomic E-state index is 0.175. The molecule has 0 saturated heterocycles. The fraction of sp³-hybridized carbons (Fsp3) is 0.250. The van der Waals surface area contributed by atoms with Gasteiger partial charge in [0.25, 0.3) is 0 Å². The van der Waals surface area contributed by atoms with Crippen molar-refractivity contribution in [1.29, 1.82) is 0 Å². The van der Waals surface area contributed by atoms with E-state index in [-0.39, 0.29) is 11.7 Å². The monoisotopic (exact) mass is 221 g/mol. The molecule has 0 radical (unpaired) electrons. The zero-order chi connectivity index (χ0) is 12.0. The van der Waals surface area contributed by atoms with E-state index in [4.69, 9.17) is 4.74 Å². The van der Waals surface area contributed by atoms with E-state index in [0.717, 1.165) is 5.69 Å². The Hall–Kier alpha value is -1.97. The maximum Gasteiger partial charge on any atom is 0.332 e. The number of allylic oxidation sites excluding steroid dienone is 1. The highest BCUT2D eigenvalue weighted by Gasteiger charge is 1.99. The van der Waals surface area contributed by atoms with Gasteiger partial charge in [-0.15, -0.1) is 0 Å². The second-order valence-electron chi connectivity index (χ2n) is 3.25. The third-order valence-electron chi connectivity index (χ3n) is 1.81. The molecule has 4 nitrogen and oxygen atoms in total. The Balaban J connectivity index is 2.63. The summed E-state index contributed by atoms with van der Waals surface area (Å²) in [6, 6.07) is 6.66. The molecule has 16 heavy (non-hydrogen) atoms. The molecule has 0 saturated carbocycles. The van der Waals surface area contributed by atoms with Crippen LogP contribution in [0.1, 0.15) is 13.8 Å². The number of ether oxygens (including phenoxy) is 1. The molecule has 4 heteroatoms. The summed E-state index contributed by atoms with van der Waals surface area (Å²) in [6.45, 7) is 3.86. The van der Waals surface area contributed by atoms with Crippen molar-refractivity contribution in [2.24, 2.45) is 0 Å². The first kappa shape index (κ1) is 12.1. The van der Waals surface area contributed by atoms with Crippen LogP contribution >= 0.6 is 0 Å². The standard InChI is InChI=1S/C12H15NO3/c1-3-16-12(15)7-9(2)13-10-5-4-6-11(14)8-10/h4-8,13-14H,3H2,1-2H3. The number of hydrogen-bond acceptors (Lipinski definition) is 4. The van der Waals surface area contributed by atoms with Crippen LogP contribution in [0.2, 0.25) is 0 Å². The lowest BCUT2D eigenvalue weighted by atomic mass is 10.3. The zero-order valence-electron chi connectivity index (χ0n) is 9.36. The van der Waals surface area contributed by atoms with Gasteiger partial charge in [-0.2, -0.15) is 0 Å². The van der Waals surface area contributed by atoms with Crippen molar-refractivity contribution in [3.63, 3.8) is 0 Å². The van der Waals surface area contributed by atoms with Crippen LogP contribution < -0.4 is 5.32 Å². The second-order valence-corrected chi connectivity index (χ2v) is 3.25. The number of anilines is 1. The molecule has 2 N–H and O–H groups in total. The van der Waals surface area contributed by atoms with Gasteiger partial charge in [0, 0.05) is 23.5 Å². The Morgan fingerprint density at radius 3 is 2.94 bits per heavy atom. The molecule has 0 fully saturated rings. The van der Waals surface area contributed by atoms with Crippen LogP contribution in [0.25, 0.3) is 0 Å². The largest absolute Gasteiger partial charge is 0.508 e. The number of rotatable bonds is 4. The molecule has 0 aliphatic rings. The number of carbonyl (C=O) groups excluding carboxylic acids is 1. The lowest BCUT2D eigenvalue weighted by Gasteiger charge is -2.06. The molecule has 0 aromatic heterocycles. The molecule has 1 aromatic rings. The number of carbonyl (C=O) groups is 1. The Bertz CT molecular complexity index is 399. The second kappa shape index (κ2) is 5.80. The predicted octanol–water partition coefficient (Wildman–Crippen LogP) is 2.27. The van der Waals surface area contributed by atoms with Gasteiger partial charge in [0.2, 0.25) is 0 Å². The van der Waals surface area contributed by atoms with Crippen molar-refractivity contribution in [1.82, 2.24) is 0 Å². The van der Waals surface area contributed by atoms with E-state index in [1.54, 1.807) is 38.1 Å². The van der Waals surface area contributed by atoms with Crippen LogP contribution in [-0.4, -0.2) is 17.7 Å². The van der Waals surface area contributed by atoms with Crippen LogP contribution in [0.4, 0.5) is 5.69 Å². The molecule has 0 heterocycles. The van der Waals surface area contributed by atoms with Crippen LogP contribution in [0.15, 0.2) is 36.0 Å². The van der Waals surface area contributed by atoms with Crippen molar-refractivity contribution < 1.29 is 14.6 Å².